The van der Waals surface area contributed by atoms with E-state index >= 15 is 0 Å². The van der Waals surface area contributed by atoms with E-state index in [4.69, 9.17) is 9.47 Å². The first-order valence-corrected chi connectivity index (χ1v) is 5.10. The number of carbonyl (C=O) groups is 1. The maximum atomic E-state index is 12.8. The average Bonchev–Trinajstić information content (AvgIpc) is 2.13. The van der Waals surface area contributed by atoms with E-state index in [-0.39, 0.29) is 18.4 Å². The Balaban J connectivity index is 1.89. The zero-order valence-corrected chi connectivity index (χ0v) is 9.07. The van der Waals surface area contributed by atoms with E-state index in [1.807, 2.05) is 0 Å². The van der Waals surface area contributed by atoms with Gasteiger partial charge in [-0.2, -0.15) is 0 Å². The summed E-state index contributed by atoms with van der Waals surface area (Å²) in [6.45, 7) is 1.70. The summed E-state index contributed by atoms with van der Waals surface area (Å²) in [6.07, 6.45) is -0.898. The number of amides is 1. The van der Waals surface area contributed by atoms with Crippen LogP contribution in [0.1, 0.15) is 13.3 Å². The number of rotatable bonds is 3. The van der Waals surface area contributed by atoms with E-state index in [2.05, 4.69) is 5.32 Å². The van der Waals surface area contributed by atoms with Crippen molar-refractivity contribution in [1.82, 2.24) is 0 Å². The van der Waals surface area contributed by atoms with Gasteiger partial charge in [-0.15, -0.1) is 0 Å². The van der Waals surface area contributed by atoms with Gasteiger partial charge >= 0.3 is 0 Å². The van der Waals surface area contributed by atoms with Gasteiger partial charge in [0.2, 0.25) is 5.91 Å². The van der Waals surface area contributed by atoms with Gasteiger partial charge in [0.05, 0.1) is 6.42 Å². The maximum Gasteiger partial charge on any atom is 0.229 e. The highest BCUT2D eigenvalue weighted by Crippen LogP contribution is 2.20. The minimum absolute atomic E-state index is 0.0114. The molecular weight excluding hydrogens is 232 g/mol. The number of hydrogen-bond donors (Lipinski definition) is 1. The fourth-order valence-corrected chi connectivity index (χ4v) is 1.52. The molecule has 2 rings (SSSR count). The standard InChI is InChI=1S/C11H11F2NO3/c1-6-16-11(17-6)5-10(15)14-9-3-7(12)2-8(13)4-9/h2-4,6,11H,5H2,1H3,(H,14,15). The minimum atomic E-state index is -0.745. The quantitative estimate of drug-likeness (QED) is 0.883. The fourth-order valence-electron chi connectivity index (χ4n) is 1.52. The molecule has 0 unspecified atom stereocenters. The molecule has 17 heavy (non-hydrogen) atoms. The molecule has 1 heterocycles. The molecule has 1 aromatic rings. The first-order valence-electron chi connectivity index (χ1n) is 5.10. The molecule has 6 heteroatoms. The molecule has 0 spiro atoms. The molecule has 0 aliphatic carbocycles. The van der Waals surface area contributed by atoms with Gasteiger partial charge in [-0.1, -0.05) is 0 Å². The Kier molecular flexibility index (Phi) is 3.35. The molecule has 0 aromatic heterocycles. The second kappa shape index (κ2) is 4.77. The first kappa shape index (κ1) is 11.9. The van der Waals surface area contributed by atoms with Gasteiger partial charge in [0.1, 0.15) is 11.6 Å². The molecule has 0 atom stereocenters. The summed E-state index contributed by atoms with van der Waals surface area (Å²) in [6, 6.07) is 2.80. The van der Waals surface area contributed by atoms with E-state index in [0.717, 1.165) is 18.2 Å². The van der Waals surface area contributed by atoms with E-state index in [1.165, 1.54) is 0 Å². The van der Waals surface area contributed by atoms with E-state index < -0.39 is 23.8 Å². The number of ether oxygens (including phenoxy) is 2. The molecule has 1 aliphatic heterocycles. The lowest BCUT2D eigenvalue weighted by atomic mass is 10.2. The lowest BCUT2D eigenvalue weighted by Crippen LogP contribution is -2.41. The van der Waals surface area contributed by atoms with Crippen molar-refractivity contribution in [2.75, 3.05) is 5.32 Å². The number of anilines is 1. The Morgan fingerprint density at radius 2 is 1.88 bits per heavy atom. The smallest absolute Gasteiger partial charge is 0.229 e. The van der Waals surface area contributed by atoms with Crippen molar-refractivity contribution in [3.8, 4) is 0 Å². The lowest BCUT2D eigenvalue weighted by Gasteiger charge is -2.33. The van der Waals surface area contributed by atoms with Gasteiger partial charge in [-0.3, -0.25) is 4.79 Å². The summed E-state index contributed by atoms with van der Waals surface area (Å²) in [4.78, 5) is 11.4. The van der Waals surface area contributed by atoms with Crippen LogP contribution in [-0.4, -0.2) is 18.5 Å². The molecule has 1 fully saturated rings. The monoisotopic (exact) mass is 243 g/mol. The topological polar surface area (TPSA) is 47.6 Å². The highest BCUT2D eigenvalue weighted by Gasteiger charge is 2.28. The summed E-state index contributed by atoms with van der Waals surface area (Å²) in [7, 11) is 0. The highest BCUT2D eigenvalue weighted by molar-refractivity contribution is 5.90. The largest absolute Gasteiger partial charge is 0.326 e. The zero-order chi connectivity index (χ0) is 12.4. The van der Waals surface area contributed by atoms with Crippen molar-refractivity contribution < 1.29 is 23.0 Å². The van der Waals surface area contributed by atoms with Crippen LogP contribution in [0.4, 0.5) is 14.5 Å². The van der Waals surface area contributed by atoms with E-state index in [1.54, 1.807) is 6.92 Å². The Bertz CT molecular complexity index is 412. The van der Waals surface area contributed by atoms with Crippen LogP contribution in [0.5, 0.6) is 0 Å². The van der Waals surface area contributed by atoms with E-state index in [9.17, 15) is 13.6 Å². The van der Waals surface area contributed by atoms with Gasteiger partial charge in [0.15, 0.2) is 12.6 Å². The van der Waals surface area contributed by atoms with Crippen molar-refractivity contribution in [3.63, 3.8) is 0 Å². The van der Waals surface area contributed by atoms with Crippen LogP contribution in [-0.2, 0) is 14.3 Å². The molecule has 0 saturated carbocycles. The Labute approximate surface area is 96.5 Å². The van der Waals surface area contributed by atoms with Gasteiger partial charge in [0, 0.05) is 11.8 Å². The number of halogens is 2. The van der Waals surface area contributed by atoms with Gasteiger partial charge in [-0.05, 0) is 19.1 Å². The van der Waals surface area contributed by atoms with Crippen LogP contribution in [0.25, 0.3) is 0 Å². The Hall–Kier alpha value is -1.53. The predicted molar refractivity (Wildman–Crippen MR) is 55.0 cm³/mol. The predicted octanol–water partition coefficient (Wildman–Crippen LogP) is 2.01. The molecule has 0 radical (unpaired) electrons. The molecular formula is C11H11F2NO3. The van der Waals surface area contributed by atoms with Crippen molar-refractivity contribution >= 4 is 11.6 Å². The number of hydrogen-bond acceptors (Lipinski definition) is 3. The highest BCUT2D eigenvalue weighted by atomic mass is 19.1. The first-order chi connectivity index (χ1) is 8.02. The van der Waals surface area contributed by atoms with Crippen LogP contribution >= 0.6 is 0 Å². The molecule has 1 aromatic carbocycles. The average molecular weight is 243 g/mol. The summed E-state index contributed by atoms with van der Waals surface area (Å²) >= 11 is 0. The van der Waals surface area contributed by atoms with Crippen LogP contribution in [0.2, 0.25) is 0 Å². The Morgan fingerprint density at radius 1 is 1.29 bits per heavy atom. The van der Waals surface area contributed by atoms with Crippen LogP contribution in [0, 0.1) is 11.6 Å². The lowest BCUT2D eigenvalue weighted by molar-refractivity contribution is -0.373. The number of benzene rings is 1. The molecule has 92 valence electrons. The third-order valence-electron chi connectivity index (χ3n) is 2.19. The van der Waals surface area contributed by atoms with Crippen LogP contribution in [0.15, 0.2) is 18.2 Å². The second-order valence-corrected chi connectivity index (χ2v) is 3.68. The molecule has 1 amide bonds. The van der Waals surface area contributed by atoms with Crippen molar-refractivity contribution in [1.29, 1.82) is 0 Å². The van der Waals surface area contributed by atoms with E-state index in [0.29, 0.717) is 0 Å². The second-order valence-electron chi connectivity index (χ2n) is 3.68. The van der Waals surface area contributed by atoms with Crippen molar-refractivity contribution in [2.45, 2.75) is 25.9 Å². The summed E-state index contributed by atoms with van der Waals surface area (Å²) < 4.78 is 35.8. The third-order valence-corrected chi connectivity index (χ3v) is 2.19. The number of nitrogens with one attached hydrogen (secondary N) is 1. The molecule has 0 bridgehead atoms. The molecule has 4 nitrogen and oxygen atoms in total. The molecule has 1 aliphatic rings. The van der Waals surface area contributed by atoms with Gasteiger partial charge < -0.3 is 14.8 Å². The summed E-state index contributed by atoms with van der Waals surface area (Å²) in [5, 5.41) is 2.36. The zero-order valence-electron chi connectivity index (χ0n) is 9.07. The minimum Gasteiger partial charge on any atom is -0.326 e. The molecule has 1 N–H and O–H groups in total. The van der Waals surface area contributed by atoms with Crippen LogP contribution < -0.4 is 5.32 Å². The maximum absolute atomic E-state index is 12.8. The number of carbonyl (C=O) groups excluding carboxylic acids is 1. The summed E-state index contributed by atoms with van der Waals surface area (Å²) in [5.41, 5.74) is 0.0693. The fraction of sp³-hybridized carbons (Fsp3) is 0.364. The van der Waals surface area contributed by atoms with Crippen molar-refractivity contribution in [2.24, 2.45) is 0 Å². The summed E-state index contributed by atoms with van der Waals surface area (Å²) in [5.74, 6) is -1.91. The molecule has 1 saturated heterocycles. The van der Waals surface area contributed by atoms with Gasteiger partial charge in [0.25, 0.3) is 0 Å². The SMILES string of the molecule is CC1OC(CC(=O)Nc2cc(F)cc(F)c2)O1. The Morgan fingerprint density at radius 3 is 2.41 bits per heavy atom. The third kappa shape index (κ3) is 3.21. The van der Waals surface area contributed by atoms with Crippen molar-refractivity contribution in [3.05, 3.63) is 29.8 Å². The van der Waals surface area contributed by atoms with Crippen LogP contribution in [0.3, 0.4) is 0 Å². The van der Waals surface area contributed by atoms with Gasteiger partial charge in [-0.25, -0.2) is 8.78 Å². The normalized spacial score (nSPS) is 23.0.